The molecule has 6 nitrogen and oxygen atoms in total. The highest BCUT2D eigenvalue weighted by atomic mass is 32.2. The molecule has 7 heteroatoms. The summed E-state index contributed by atoms with van der Waals surface area (Å²) >= 11 is 0. The molecule has 0 bridgehead atoms. The van der Waals surface area contributed by atoms with Crippen LogP contribution < -0.4 is 18.5 Å². The van der Waals surface area contributed by atoms with Gasteiger partial charge in [0.05, 0.1) is 23.7 Å². The van der Waals surface area contributed by atoms with Crippen LogP contribution in [0.3, 0.4) is 0 Å². The monoisotopic (exact) mass is 439 g/mol. The first-order valence-corrected chi connectivity index (χ1v) is 11.6. The summed E-state index contributed by atoms with van der Waals surface area (Å²) in [5, 5.41) is 0. The molecular formula is C24H25NO5S. The normalized spacial score (nSPS) is 13.0. The quantitative estimate of drug-likeness (QED) is 0.540. The van der Waals surface area contributed by atoms with Gasteiger partial charge < -0.3 is 14.2 Å². The molecule has 3 aromatic carbocycles. The van der Waals surface area contributed by atoms with Crippen molar-refractivity contribution in [2.45, 2.75) is 25.3 Å². The van der Waals surface area contributed by atoms with Crippen LogP contribution in [0.2, 0.25) is 0 Å². The number of fused-ring (bicyclic) bond motifs is 1. The Bertz CT molecular complexity index is 1160. The van der Waals surface area contributed by atoms with Crippen LogP contribution >= 0.6 is 0 Å². The third-order valence-electron chi connectivity index (χ3n) is 4.95. The number of aryl methyl sites for hydroxylation is 1. The molecule has 0 N–H and O–H groups in total. The largest absolute Gasteiger partial charge is 0.494 e. The molecule has 0 fully saturated rings. The van der Waals surface area contributed by atoms with Crippen molar-refractivity contribution in [1.29, 1.82) is 0 Å². The number of anilines is 1. The second kappa shape index (κ2) is 8.89. The maximum absolute atomic E-state index is 13.7. The highest BCUT2D eigenvalue weighted by Crippen LogP contribution is 2.35. The molecule has 0 radical (unpaired) electrons. The highest BCUT2D eigenvalue weighted by molar-refractivity contribution is 7.92. The van der Waals surface area contributed by atoms with Gasteiger partial charge in [-0.15, -0.1) is 0 Å². The van der Waals surface area contributed by atoms with E-state index in [4.69, 9.17) is 14.2 Å². The van der Waals surface area contributed by atoms with E-state index in [1.807, 2.05) is 38.1 Å². The van der Waals surface area contributed by atoms with Gasteiger partial charge >= 0.3 is 0 Å². The maximum Gasteiger partial charge on any atom is 0.264 e. The SMILES string of the molecule is CCOc1ccc(N(Cc2cccc(C)c2)S(=O)(=O)c2ccc3c(c2)OCCO3)cc1. The number of rotatable bonds is 7. The van der Waals surface area contributed by atoms with E-state index in [0.717, 1.165) is 11.1 Å². The Balaban J connectivity index is 1.75. The van der Waals surface area contributed by atoms with Crippen LogP contribution in [0.15, 0.2) is 71.6 Å². The van der Waals surface area contributed by atoms with Crippen LogP contribution in [0.5, 0.6) is 17.2 Å². The maximum atomic E-state index is 13.7. The van der Waals surface area contributed by atoms with Gasteiger partial charge in [-0.1, -0.05) is 29.8 Å². The number of hydrogen-bond donors (Lipinski definition) is 0. The first-order valence-electron chi connectivity index (χ1n) is 10.2. The third kappa shape index (κ3) is 4.61. The Hall–Kier alpha value is -3.19. The van der Waals surface area contributed by atoms with Crippen molar-refractivity contribution in [3.8, 4) is 17.2 Å². The van der Waals surface area contributed by atoms with Gasteiger partial charge in [-0.05, 0) is 55.8 Å². The van der Waals surface area contributed by atoms with E-state index in [2.05, 4.69) is 0 Å². The molecule has 1 aliphatic heterocycles. The van der Waals surface area contributed by atoms with E-state index in [1.165, 1.54) is 10.4 Å². The molecule has 0 aromatic heterocycles. The first kappa shape index (κ1) is 21.1. The smallest absolute Gasteiger partial charge is 0.264 e. The summed E-state index contributed by atoms with van der Waals surface area (Å²) in [6.45, 7) is 5.48. The summed E-state index contributed by atoms with van der Waals surface area (Å²) in [5.74, 6) is 1.68. The molecule has 162 valence electrons. The number of benzene rings is 3. The summed E-state index contributed by atoms with van der Waals surface area (Å²) in [6, 6.07) is 19.6. The van der Waals surface area contributed by atoms with Crippen molar-refractivity contribution in [1.82, 2.24) is 0 Å². The molecule has 1 aliphatic rings. The molecule has 3 aromatic rings. The summed E-state index contributed by atoms with van der Waals surface area (Å²) in [4.78, 5) is 0.151. The Labute approximate surface area is 183 Å². The summed E-state index contributed by atoms with van der Waals surface area (Å²) < 4.78 is 45.5. The number of hydrogen-bond acceptors (Lipinski definition) is 5. The first-order chi connectivity index (χ1) is 15.0. The molecule has 0 saturated carbocycles. The number of nitrogens with zero attached hydrogens (tertiary/aromatic N) is 1. The molecule has 0 unspecified atom stereocenters. The van der Waals surface area contributed by atoms with Gasteiger partial charge in [0, 0.05) is 6.07 Å². The Kier molecular flexibility index (Phi) is 6.04. The molecule has 31 heavy (non-hydrogen) atoms. The minimum Gasteiger partial charge on any atom is -0.494 e. The van der Waals surface area contributed by atoms with Gasteiger partial charge in [0.15, 0.2) is 11.5 Å². The average Bonchev–Trinajstić information content (AvgIpc) is 2.78. The number of sulfonamides is 1. The van der Waals surface area contributed by atoms with E-state index in [1.54, 1.807) is 36.4 Å². The lowest BCUT2D eigenvalue weighted by atomic mass is 10.1. The molecular weight excluding hydrogens is 414 g/mol. The van der Waals surface area contributed by atoms with Crippen LogP contribution in [-0.2, 0) is 16.6 Å². The van der Waals surface area contributed by atoms with Crippen LogP contribution in [0.25, 0.3) is 0 Å². The summed E-state index contributed by atoms with van der Waals surface area (Å²) in [5.41, 5.74) is 2.52. The van der Waals surface area contributed by atoms with E-state index in [0.29, 0.717) is 42.8 Å². The Morgan fingerprint density at radius 3 is 2.39 bits per heavy atom. The zero-order chi connectivity index (χ0) is 21.8. The second-order valence-electron chi connectivity index (χ2n) is 7.23. The molecule has 0 saturated heterocycles. The average molecular weight is 440 g/mol. The minimum atomic E-state index is -3.87. The number of ether oxygens (including phenoxy) is 3. The van der Waals surface area contributed by atoms with Crippen LogP contribution in [-0.4, -0.2) is 28.2 Å². The van der Waals surface area contributed by atoms with Crippen molar-refractivity contribution < 1.29 is 22.6 Å². The van der Waals surface area contributed by atoms with E-state index < -0.39 is 10.0 Å². The molecule has 0 amide bonds. The lowest BCUT2D eigenvalue weighted by molar-refractivity contribution is 0.171. The topological polar surface area (TPSA) is 65.1 Å². The summed E-state index contributed by atoms with van der Waals surface area (Å²) in [7, 11) is -3.87. The highest BCUT2D eigenvalue weighted by Gasteiger charge is 2.27. The van der Waals surface area contributed by atoms with Gasteiger partial charge in [-0.25, -0.2) is 8.42 Å². The van der Waals surface area contributed by atoms with Crippen molar-refractivity contribution in [3.05, 3.63) is 77.9 Å². The van der Waals surface area contributed by atoms with E-state index in [9.17, 15) is 8.42 Å². The van der Waals surface area contributed by atoms with E-state index >= 15 is 0 Å². The second-order valence-corrected chi connectivity index (χ2v) is 9.10. The zero-order valence-corrected chi connectivity index (χ0v) is 18.4. The molecule has 1 heterocycles. The predicted octanol–water partition coefficient (Wildman–Crippen LogP) is 4.56. The van der Waals surface area contributed by atoms with Crippen molar-refractivity contribution in [2.24, 2.45) is 0 Å². The van der Waals surface area contributed by atoms with E-state index in [-0.39, 0.29) is 11.4 Å². The standard InChI is InChI=1S/C24H25NO5S/c1-3-28-21-9-7-20(8-10-21)25(17-19-6-4-5-18(2)15-19)31(26,27)22-11-12-23-24(16-22)30-14-13-29-23/h4-12,15-16H,3,13-14,17H2,1-2H3. The van der Waals surface area contributed by atoms with Crippen LogP contribution in [0.1, 0.15) is 18.1 Å². The van der Waals surface area contributed by atoms with Gasteiger partial charge in [-0.3, -0.25) is 4.31 Å². The lowest BCUT2D eigenvalue weighted by Gasteiger charge is -2.26. The minimum absolute atomic E-state index is 0.151. The van der Waals surface area contributed by atoms with Gasteiger partial charge in [0.2, 0.25) is 0 Å². The van der Waals surface area contributed by atoms with Gasteiger partial charge in [0.1, 0.15) is 19.0 Å². The van der Waals surface area contributed by atoms with Crippen LogP contribution in [0.4, 0.5) is 5.69 Å². The molecule has 4 rings (SSSR count). The van der Waals surface area contributed by atoms with Crippen molar-refractivity contribution >= 4 is 15.7 Å². The molecule has 0 spiro atoms. The van der Waals surface area contributed by atoms with Gasteiger partial charge in [-0.2, -0.15) is 0 Å². The van der Waals surface area contributed by atoms with Crippen molar-refractivity contribution in [3.63, 3.8) is 0 Å². The third-order valence-corrected chi connectivity index (χ3v) is 6.72. The fraction of sp³-hybridized carbons (Fsp3) is 0.250. The van der Waals surface area contributed by atoms with Gasteiger partial charge in [0.25, 0.3) is 10.0 Å². The molecule has 0 atom stereocenters. The Morgan fingerprint density at radius 2 is 1.68 bits per heavy atom. The molecule has 0 aliphatic carbocycles. The fourth-order valence-electron chi connectivity index (χ4n) is 3.48. The predicted molar refractivity (Wildman–Crippen MR) is 120 cm³/mol. The fourth-order valence-corrected chi connectivity index (χ4v) is 4.95. The van der Waals surface area contributed by atoms with Crippen molar-refractivity contribution in [2.75, 3.05) is 24.1 Å². The van der Waals surface area contributed by atoms with Crippen LogP contribution in [0, 0.1) is 6.92 Å². The summed E-state index contributed by atoms with van der Waals surface area (Å²) in [6.07, 6.45) is 0. The zero-order valence-electron chi connectivity index (χ0n) is 17.6. The Morgan fingerprint density at radius 1 is 0.935 bits per heavy atom. The lowest BCUT2D eigenvalue weighted by Crippen LogP contribution is -2.30.